The van der Waals surface area contributed by atoms with Crippen molar-refractivity contribution < 1.29 is 9.84 Å². The number of hydrogen-bond donors (Lipinski definition) is 1. The average Bonchev–Trinajstić information content (AvgIpc) is 3.07. The van der Waals surface area contributed by atoms with Gasteiger partial charge in [-0.05, 0) is 30.4 Å². The Morgan fingerprint density at radius 2 is 2.06 bits per heavy atom. The van der Waals surface area contributed by atoms with Crippen LogP contribution in [0.2, 0.25) is 5.28 Å². The molecule has 1 N–H and O–H groups in total. The van der Waals surface area contributed by atoms with Gasteiger partial charge in [0.25, 0.3) is 0 Å². The van der Waals surface area contributed by atoms with Crippen LogP contribution >= 0.6 is 11.6 Å². The summed E-state index contributed by atoms with van der Waals surface area (Å²) in [5.41, 5.74) is -0.563. The number of β-amino-alcohol motifs (C(OH)–C–C–N with tert-alkyl or cyclic N) is 1. The molecule has 0 unspecified atom stereocenters. The average molecular weight is 257 g/mol. The van der Waals surface area contributed by atoms with Crippen molar-refractivity contribution in [3.05, 3.63) is 5.28 Å². The molecule has 17 heavy (non-hydrogen) atoms. The van der Waals surface area contributed by atoms with Crippen molar-refractivity contribution in [3.63, 3.8) is 0 Å². The third kappa shape index (κ3) is 1.91. The van der Waals surface area contributed by atoms with Crippen LogP contribution in [-0.4, -0.2) is 45.9 Å². The molecule has 0 radical (unpaired) electrons. The molecule has 1 saturated carbocycles. The highest BCUT2D eigenvalue weighted by Gasteiger charge is 2.52. The molecule has 2 fully saturated rings. The van der Waals surface area contributed by atoms with Gasteiger partial charge in [-0.3, -0.25) is 0 Å². The topological polar surface area (TPSA) is 71.4 Å². The van der Waals surface area contributed by atoms with Crippen molar-refractivity contribution in [1.29, 1.82) is 0 Å². The van der Waals surface area contributed by atoms with Crippen molar-refractivity contribution in [2.45, 2.75) is 18.4 Å². The molecule has 0 atom stereocenters. The first-order valence-electron chi connectivity index (χ1n) is 5.53. The Hall–Kier alpha value is -1.14. The largest absolute Gasteiger partial charge is 0.467 e. The number of halogens is 1. The van der Waals surface area contributed by atoms with Gasteiger partial charge in [0, 0.05) is 0 Å². The normalized spacial score (nSPS) is 22.2. The zero-order chi connectivity index (χ0) is 12.0. The van der Waals surface area contributed by atoms with Gasteiger partial charge in [0.15, 0.2) is 0 Å². The highest BCUT2D eigenvalue weighted by Crippen LogP contribution is 2.45. The van der Waals surface area contributed by atoms with Crippen LogP contribution in [0.15, 0.2) is 0 Å². The van der Waals surface area contributed by atoms with E-state index in [0.29, 0.717) is 25.0 Å². The Morgan fingerprint density at radius 1 is 1.35 bits per heavy atom. The second kappa shape index (κ2) is 3.68. The molecular weight excluding hydrogens is 244 g/mol. The standard InChI is InChI=1S/C10H13ClN4O2/c1-17-9-13-7(11)12-8(14-9)15-4-10(16,5-15)6-2-3-6/h6,16H,2-5H2,1H3. The molecule has 6 nitrogen and oxygen atoms in total. The van der Waals surface area contributed by atoms with Gasteiger partial charge in [0.2, 0.25) is 11.2 Å². The first-order chi connectivity index (χ1) is 8.10. The number of hydrogen-bond acceptors (Lipinski definition) is 6. The van der Waals surface area contributed by atoms with Crippen LogP contribution in [0.3, 0.4) is 0 Å². The summed E-state index contributed by atoms with van der Waals surface area (Å²) in [7, 11) is 1.48. The number of aliphatic hydroxyl groups is 1. The van der Waals surface area contributed by atoms with Crippen LogP contribution in [0, 0.1) is 5.92 Å². The monoisotopic (exact) mass is 256 g/mol. The molecule has 0 spiro atoms. The van der Waals surface area contributed by atoms with E-state index in [4.69, 9.17) is 16.3 Å². The smallest absolute Gasteiger partial charge is 0.322 e. The summed E-state index contributed by atoms with van der Waals surface area (Å²) in [4.78, 5) is 13.8. The quantitative estimate of drug-likeness (QED) is 0.849. The summed E-state index contributed by atoms with van der Waals surface area (Å²) in [6, 6.07) is 0.196. The van der Waals surface area contributed by atoms with Gasteiger partial charge in [-0.15, -0.1) is 0 Å². The van der Waals surface area contributed by atoms with E-state index in [-0.39, 0.29) is 11.3 Å². The molecule has 0 amide bonds. The molecule has 3 rings (SSSR count). The van der Waals surface area contributed by atoms with E-state index in [2.05, 4.69) is 15.0 Å². The Morgan fingerprint density at radius 3 is 2.65 bits per heavy atom. The molecule has 0 aromatic carbocycles. The molecule has 0 bridgehead atoms. The maximum atomic E-state index is 10.2. The summed E-state index contributed by atoms with van der Waals surface area (Å²) in [6.45, 7) is 1.11. The summed E-state index contributed by atoms with van der Waals surface area (Å²) in [5.74, 6) is 0.908. The van der Waals surface area contributed by atoms with E-state index in [1.165, 1.54) is 7.11 Å². The fraction of sp³-hybridized carbons (Fsp3) is 0.700. The highest BCUT2D eigenvalue weighted by molar-refractivity contribution is 6.28. The number of ether oxygens (including phenoxy) is 1. The third-order valence-corrected chi connectivity index (χ3v) is 3.48. The van der Waals surface area contributed by atoms with Crippen molar-refractivity contribution in [1.82, 2.24) is 15.0 Å². The Labute approximate surface area is 104 Å². The predicted molar refractivity (Wildman–Crippen MR) is 61.3 cm³/mol. The van der Waals surface area contributed by atoms with E-state index >= 15 is 0 Å². The van der Waals surface area contributed by atoms with E-state index in [0.717, 1.165) is 12.8 Å². The number of rotatable bonds is 3. The van der Waals surface area contributed by atoms with Crippen molar-refractivity contribution in [3.8, 4) is 6.01 Å². The molecule has 1 aromatic rings. The SMILES string of the molecule is COc1nc(Cl)nc(N2CC(O)(C3CC3)C2)n1. The molecule has 7 heteroatoms. The van der Waals surface area contributed by atoms with Gasteiger partial charge in [-0.1, -0.05) is 0 Å². The predicted octanol–water partition coefficient (Wildman–Crippen LogP) is 0.495. The Kier molecular flexibility index (Phi) is 2.38. The van der Waals surface area contributed by atoms with E-state index in [1.807, 2.05) is 4.90 Å². The van der Waals surface area contributed by atoms with Crippen LogP contribution in [0.5, 0.6) is 6.01 Å². The first kappa shape index (κ1) is 11.0. The number of aromatic nitrogens is 3. The van der Waals surface area contributed by atoms with Gasteiger partial charge in [-0.25, -0.2) is 0 Å². The molecule has 1 aromatic heterocycles. The molecule has 92 valence electrons. The Bertz CT molecular complexity index is 446. The van der Waals surface area contributed by atoms with Crippen LogP contribution in [0.4, 0.5) is 5.95 Å². The first-order valence-corrected chi connectivity index (χ1v) is 5.91. The minimum Gasteiger partial charge on any atom is -0.467 e. The summed E-state index contributed by atoms with van der Waals surface area (Å²) >= 11 is 5.77. The van der Waals surface area contributed by atoms with Gasteiger partial charge in [0.05, 0.1) is 20.2 Å². The molecule has 2 heterocycles. The van der Waals surface area contributed by atoms with Gasteiger partial charge in [0.1, 0.15) is 5.60 Å². The minimum atomic E-state index is -0.563. The minimum absolute atomic E-state index is 0.105. The Balaban J connectivity index is 1.75. The molecular formula is C10H13ClN4O2. The zero-order valence-electron chi connectivity index (χ0n) is 9.43. The fourth-order valence-electron chi connectivity index (χ4n) is 2.19. The van der Waals surface area contributed by atoms with Crippen molar-refractivity contribution in [2.24, 2.45) is 5.92 Å². The van der Waals surface area contributed by atoms with Gasteiger partial charge in [-0.2, -0.15) is 15.0 Å². The second-order valence-corrected chi connectivity index (χ2v) is 4.96. The molecule has 1 aliphatic carbocycles. The highest BCUT2D eigenvalue weighted by atomic mass is 35.5. The van der Waals surface area contributed by atoms with Crippen molar-refractivity contribution in [2.75, 3.05) is 25.1 Å². The van der Waals surface area contributed by atoms with Crippen molar-refractivity contribution >= 4 is 17.5 Å². The van der Waals surface area contributed by atoms with Crippen LogP contribution in [0.25, 0.3) is 0 Å². The van der Waals surface area contributed by atoms with E-state index in [9.17, 15) is 5.11 Å². The number of anilines is 1. The lowest BCUT2D eigenvalue weighted by molar-refractivity contribution is -0.0103. The third-order valence-electron chi connectivity index (χ3n) is 3.31. The summed E-state index contributed by atoms with van der Waals surface area (Å²) in [6.07, 6.45) is 2.23. The fourth-order valence-corrected chi connectivity index (χ4v) is 2.34. The van der Waals surface area contributed by atoms with Crippen LogP contribution in [0.1, 0.15) is 12.8 Å². The van der Waals surface area contributed by atoms with E-state index < -0.39 is 5.60 Å². The number of methoxy groups -OCH3 is 1. The second-order valence-electron chi connectivity index (χ2n) is 4.63. The maximum absolute atomic E-state index is 10.2. The van der Waals surface area contributed by atoms with Gasteiger partial charge < -0.3 is 14.7 Å². The van der Waals surface area contributed by atoms with E-state index in [1.54, 1.807) is 0 Å². The van der Waals surface area contributed by atoms with Crippen LogP contribution in [-0.2, 0) is 0 Å². The lowest BCUT2D eigenvalue weighted by Gasteiger charge is -2.46. The lowest BCUT2D eigenvalue weighted by atomic mass is 9.89. The molecule has 1 aliphatic heterocycles. The van der Waals surface area contributed by atoms with Crippen LogP contribution < -0.4 is 9.64 Å². The summed E-state index contributed by atoms with van der Waals surface area (Å²) in [5, 5.41) is 10.3. The zero-order valence-corrected chi connectivity index (χ0v) is 10.2. The number of nitrogens with zero attached hydrogens (tertiary/aromatic N) is 4. The lowest BCUT2D eigenvalue weighted by Crippen LogP contribution is -2.63. The van der Waals surface area contributed by atoms with Gasteiger partial charge >= 0.3 is 6.01 Å². The summed E-state index contributed by atoms with van der Waals surface area (Å²) < 4.78 is 4.93. The molecule has 1 saturated heterocycles. The molecule has 2 aliphatic rings. The maximum Gasteiger partial charge on any atom is 0.322 e.